The van der Waals surface area contributed by atoms with Crippen LogP contribution in [0, 0.1) is 12.3 Å². The Morgan fingerprint density at radius 1 is 1.33 bits per heavy atom. The number of hydrogen-bond acceptors (Lipinski definition) is 4. The highest BCUT2D eigenvalue weighted by Gasteiger charge is 2.11. The second-order valence-electron chi connectivity index (χ2n) is 2.77. The number of aliphatic imine (C=N–C) groups is 1. The molecule has 0 aliphatic carbocycles. The van der Waals surface area contributed by atoms with Crippen molar-refractivity contribution >= 4 is 33.6 Å². The number of terminal acetylenes is 1. The third-order valence-corrected chi connectivity index (χ3v) is 4.07. The minimum Gasteiger partial charge on any atom is -0.481 e. The van der Waals surface area contributed by atoms with E-state index in [4.69, 9.17) is 11.2 Å². The van der Waals surface area contributed by atoms with E-state index in [0.29, 0.717) is 6.61 Å². The molecular weight excluding hydrogens is 226 g/mol. The Hall–Kier alpha value is -1.05. The monoisotopic (exact) mass is 235 g/mol. The minimum absolute atomic E-state index is 0.305. The van der Waals surface area contributed by atoms with Crippen molar-refractivity contribution in [1.29, 1.82) is 0 Å². The molecule has 0 spiro atoms. The number of nitrogens with zero attached hydrogens (tertiary/aromatic N) is 1. The summed E-state index contributed by atoms with van der Waals surface area (Å²) in [5, 5.41) is 1.11. The molecule has 0 atom stereocenters. The van der Waals surface area contributed by atoms with E-state index in [1.165, 1.54) is 0 Å². The van der Waals surface area contributed by atoms with Gasteiger partial charge in [-0.3, -0.25) is 0 Å². The van der Waals surface area contributed by atoms with Gasteiger partial charge in [-0.2, -0.15) is 0 Å². The molecule has 0 radical (unpaired) electrons. The van der Waals surface area contributed by atoms with Crippen molar-refractivity contribution in [2.45, 2.75) is 0 Å². The fourth-order valence-corrected chi connectivity index (χ4v) is 2.26. The predicted octanol–water partition coefficient (Wildman–Crippen LogP) is 3.12. The molecular formula is C11H9NOS2. The third kappa shape index (κ3) is 2.95. The molecule has 15 heavy (non-hydrogen) atoms. The van der Waals surface area contributed by atoms with E-state index in [1.54, 1.807) is 23.5 Å². The summed E-state index contributed by atoms with van der Waals surface area (Å²) in [5.74, 6) is 3.21. The summed E-state index contributed by atoms with van der Waals surface area (Å²) in [7, 11) is 0. The lowest BCUT2D eigenvalue weighted by Crippen LogP contribution is -1.97. The van der Waals surface area contributed by atoms with Gasteiger partial charge >= 0.3 is 0 Å². The molecule has 2 rings (SSSR count). The second kappa shape index (κ2) is 5.15. The Morgan fingerprint density at radius 2 is 2.07 bits per heavy atom. The molecule has 2 nitrogen and oxygen atoms in total. The van der Waals surface area contributed by atoms with Gasteiger partial charge in [-0.25, -0.2) is 4.99 Å². The molecule has 1 heterocycles. The number of ether oxygens (including phenoxy) is 1. The van der Waals surface area contributed by atoms with Crippen molar-refractivity contribution in [3.63, 3.8) is 0 Å². The SMILES string of the molecule is C#CCOc1ccc(N=C2SCS2)cc1. The molecule has 1 saturated heterocycles. The van der Waals surface area contributed by atoms with Gasteiger partial charge in [0.25, 0.3) is 0 Å². The van der Waals surface area contributed by atoms with E-state index in [0.717, 1.165) is 20.9 Å². The van der Waals surface area contributed by atoms with Gasteiger partial charge in [0, 0.05) is 0 Å². The summed E-state index contributed by atoms with van der Waals surface area (Å²) in [6, 6.07) is 7.62. The summed E-state index contributed by atoms with van der Waals surface area (Å²) in [4.78, 5) is 4.43. The maximum absolute atomic E-state index is 5.26. The average Bonchev–Trinajstić information content (AvgIpc) is 2.22. The first-order valence-electron chi connectivity index (χ1n) is 4.39. The standard InChI is InChI=1S/C11H9NOS2/c1-2-7-13-10-5-3-9(4-6-10)12-11-14-8-15-11/h1,3-6H,7-8H2. The third-order valence-electron chi connectivity index (χ3n) is 1.74. The van der Waals surface area contributed by atoms with Crippen LogP contribution in [-0.2, 0) is 0 Å². The van der Waals surface area contributed by atoms with Crippen molar-refractivity contribution in [3.8, 4) is 18.1 Å². The van der Waals surface area contributed by atoms with Crippen LogP contribution in [0.3, 0.4) is 0 Å². The van der Waals surface area contributed by atoms with Crippen molar-refractivity contribution < 1.29 is 4.74 Å². The van der Waals surface area contributed by atoms with Crippen LogP contribution in [-0.4, -0.2) is 16.1 Å². The molecule has 0 unspecified atom stereocenters. The zero-order valence-electron chi connectivity index (χ0n) is 7.97. The van der Waals surface area contributed by atoms with Crippen LogP contribution in [0.25, 0.3) is 0 Å². The smallest absolute Gasteiger partial charge is 0.148 e. The Balaban J connectivity index is 2.00. The Kier molecular flexibility index (Phi) is 3.59. The van der Waals surface area contributed by atoms with Crippen LogP contribution in [0.5, 0.6) is 5.75 Å². The van der Waals surface area contributed by atoms with Gasteiger partial charge in [0.2, 0.25) is 0 Å². The highest BCUT2D eigenvalue weighted by molar-refractivity contribution is 8.52. The maximum Gasteiger partial charge on any atom is 0.148 e. The minimum atomic E-state index is 0.305. The normalized spacial score (nSPS) is 13.9. The zero-order valence-corrected chi connectivity index (χ0v) is 9.61. The molecule has 1 aliphatic heterocycles. The predicted molar refractivity (Wildman–Crippen MR) is 67.9 cm³/mol. The van der Waals surface area contributed by atoms with Gasteiger partial charge < -0.3 is 4.74 Å². The fourth-order valence-electron chi connectivity index (χ4n) is 1.02. The van der Waals surface area contributed by atoms with Crippen LogP contribution < -0.4 is 4.74 Å². The molecule has 0 bridgehead atoms. The van der Waals surface area contributed by atoms with Crippen molar-refractivity contribution in [2.75, 3.05) is 11.7 Å². The fraction of sp³-hybridized carbons (Fsp3) is 0.182. The van der Waals surface area contributed by atoms with Gasteiger partial charge in [0.1, 0.15) is 16.7 Å². The molecule has 1 aromatic rings. The molecule has 1 fully saturated rings. The molecule has 0 saturated carbocycles. The van der Waals surface area contributed by atoms with E-state index in [-0.39, 0.29) is 0 Å². The summed E-state index contributed by atoms with van der Waals surface area (Å²) in [6.45, 7) is 0.305. The number of benzene rings is 1. The van der Waals surface area contributed by atoms with Crippen LogP contribution >= 0.6 is 23.5 Å². The highest BCUT2D eigenvalue weighted by atomic mass is 32.3. The van der Waals surface area contributed by atoms with Gasteiger partial charge in [-0.05, 0) is 24.3 Å². The summed E-state index contributed by atoms with van der Waals surface area (Å²) < 4.78 is 6.39. The van der Waals surface area contributed by atoms with Crippen LogP contribution in [0.15, 0.2) is 29.3 Å². The van der Waals surface area contributed by atoms with E-state index in [1.807, 2.05) is 24.3 Å². The Labute approximate surface area is 97.5 Å². The lowest BCUT2D eigenvalue weighted by atomic mass is 10.3. The van der Waals surface area contributed by atoms with E-state index >= 15 is 0 Å². The molecule has 0 N–H and O–H groups in total. The molecule has 0 aromatic heterocycles. The Bertz CT molecular complexity index is 400. The van der Waals surface area contributed by atoms with Crippen LogP contribution in [0.1, 0.15) is 0 Å². The average molecular weight is 235 g/mol. The van der Waals surface area contributed by atoms with Gasteiger partial charge in [0.05, 0.1) is 10.8 Å². The molecule has 1 aromatic carbocycles. The van der Waals surface area contributed by atoms with E-state index < -0.39 is 0 Å². The topological polar surface area (TPSA) is 21.6 Å². The second-order valence-corrected chi connectivity index (χ2v) is 5.32. The lowest BCUT2D eigenvalue weighted by Gasteiger charge is -2.12. The zero-order chi connectivity index (χ0) is 10.5. The first-order valence-corrected chi connectivity index (χ1v) is 6.36. The van der Waals surface area contributed by atoms with Gasteiger partial charge in [0.15, 0.2) is 0 Å². The highest BCUT2D eigenvalue weighted by Crippen LogP contribution is 2.35. The Morgan fingerprint density at radius 3 is 2.60 bits per heavy atom. The van der Waals surface area contributed by atoms with Crippen molar-refractivity contribution in [1.82, 2.24) is 0 Å². The van der Waals surface area contributed by atoms with E-state index in [9.17, 15) is 0 Å². The van der Waals surface area contributed by atoms with Crippen molar-refractivity contribution in [3.05, 3.63) is 24.3 Å². The summed E-state index contributed by atoms with van der Waals surface area (Å²) in [5.41, 5.74) is 0.956. The molecule has 76 valence electrons. The first kappa shape index (κ1) is 10.5. The number of hydrogen-bond donors (Lipinski definition) is 0. The van der Waals surface area contributed by atoms with Crippen LogP contribution in [0.2, 0.25) is 0 Å². The summed E-state index contributed by atoms with van der Waals surface area (Å²) in [6.07, 6.45) is 5.10. The first-order chi connectivity index (χ1) is 7.38. The van der Waals surface area contributed by atoms with Gasteiger partial charge in [-0.1, -0.05) is 29.4 Å². The van der Waals surface area contributed by atoms with Crippen LogP contribution in [0.4, 0.5) is 5.69 Å². The van der Waals surface area contributed by atoms with E-state index in [2.05, 4.69) is 10.9 Å². The number of thioether (sulfide) groups is 2. The molecule has 1 aliphatic rings. The maximum atomic E-state index is 5.26. The van der Waals surface area contributed by atoms with Crippen molar-refractivity contribution in [2.24, 2.45) is 4.99 Å². The summed E-state index contributed by atoms with van der Waals surface area (Å²) >= 11 is 3.55. The number of rotatable bonds is 3. The quantitative estimate of drug-likeness (QED) is 0.751. The largest absolute Gasteiger partial charge is 0.481 e. The van der Waals surface area contributed by atoms with Gasteiger partial charge in [-0.15, -0.1) is 6.42 Å². The lowest BCUT2D eigenvalue weighted by molar-refractivity contribution is 0.370. The molecule has 4 heteroatoms. The molecule has 0 amide bonds.